The standard InChI is InChI=1S/C17H21N3OS/c1-3-15-14-7-10-22-16(14)6-9-20(15)17(21)19-12(2)13-5-4-8-18-11-13/h4-5,7-8,10-12,15H,3,6,9H2,1-2H3,(H,19,21)/t12-,15+/m1/s1. The molecule has 0 saturated carbocycles. The molecule has 1 aliphatic rings. The lowest BCUT2D eigenvalue weighted by atomic mass is 9.98. The molecular formula is C17H21N3OS. The number of carbonyl (C=O) groups is 1. The number of carbonyl (C=O) groups excluding carboxylic acids is 1. The van der Waals surface area contributed by atoms with E-state index < -0.39 is 0 Å². The van der Waals surface area contributed by atoms with Gasteiger partial charge in [0.1, 0.15) is 0 Å². The van der Waals surface area contributed by atoms with Gasteiger partial charge in [-0.05, 0) is 48.4 Å². The molecule has 0 aromatic carbocycles. The number of aromatic nitrogens is 1. The summed E-state index contributed by atoms with van der Waals surface area (Å²) in [4.78, 5) is 20.2. The minimum absolute atomic E-state index is 0.0139. The first-order chi connectivity index (χ1) is 10.7. The molecule has 2 aromatic rings. The van der Waals surface area contributed by atoms with Crippen LogP contribution in [-0.2, 0) is 6.42 Å². The molecule has 2 aromatic heterocycles. The molecule has 1 N–H and O–H groups in total. The first-order valence-electron chi connectivity index (χ1n) is 7.74. The normalized spacial score (nSPS) is 18.6. The number of nitrogens with zero attached hydrogens (tertiary/aromatic N) is 2. The van der Waals surface area contributed by atoms with Crippen molar-refractivity contribution in [1.82, 2.24) is 15.2 Å². The zero-order chi connectivity index (χ0) is 15.5. The number of fused-ring (bicyclic) bond motifs is 1. The second-order valence-corrected chi connectivity index (χ2v) is 6.62. The van der Waals surface area contributed by atoms with Crippen LogP contribution < -0.4 is 5.32 Å². The Hall–Kier alpha value is -1.88. The van der Waals surface area contributed by atoms with Crippen molar-refractivity contribution in [3.05, 3.63) is 52.0 Å². The van der Waals surface area contributed by atoms with E-state index in [9.17, 15) is 4.79 Å². The Bertz CT molecular complexity index is 640. The van der Waals surface area contributed by atoms with Crippen LogP contribution >= 0.6 is 11.3 Å². The van der Waals surface area contributed by atoms with Crippen LogP contribution in [0.4, 0.5) is 4.79 Å². The molecule has 0 bridgehead atoms. The van der Waals surface area contributed by atoms with Gasteiger partial charge in [0, 0.05) is 23.8 Å². The van der Waals surface area contributed by atoms with E-state index in [1.54, 1.807) is 23.7 Å². The van der Waals surface area contributed by atoms with E-state index in [1.807, 2.05) is 24.0 Å². The zero-order valence-electron chi connectivity index (χ0n) is 13.0. The van der Waals surface area contributed by atoms with Crippen molar-refractivity contribution in [1.29, 1.82) is 0 Å². The van der Waals surface area contributed by atoms with Gasteiger partial charge in [-0.2, -0.15) is 0 Å². The number of hydrogen-bond donors (Lipinski definition) is 1. The molecule has 0 saturated heterocycles. The van der Waals surface area contributed by atoms with E-state index in [-0.39, 0.29) is 18.1 Å². The summed E-state index contributed by atoms with van der Waals surface area (Å²) < 4.78 is 0. The van der Waals surface area contributed by atoms with Gasteiger partial charge in [0.2, 0.25) is 0 Å². The Morgan fingerprint density at radius 3 is 3.14 bits per heavy atom. The lowest BCUT2D eigenvalue weighted by molar-refractivity contribution is 0.165. The maximum Gasteiger partial charge on any atom is 0.318 e. The van der Waals surface area contributed by atoms with Gasteiger partial charge in [0.25, 0.3) is 0 Å². The smallest absolute Gasteiger partial charge is 0.318 e. The van der Waals surface area contributed by atoms with E-state index in [2.05, 4.69) is 28.7 Å². The Morgan fingerprint density at radius 1 is 1.55 bits per heavy atom. The Morgan fingerprint density at radius 2 is 2.41 bits per heavy atom. The third-order valence-electron chi connectivity index (χ3n) is 4.27. The van der Waals surface area contributed by atoms with Gasteiger partial charge in [0.05, 0.1) is 12.1 Å². The molecule has 0 fully saturated rings. The van der Waals surface area contributed by atoms with Gasteiger partial charge >= 0.3 is 6.03 Å². The number of thiophene rings is 1. The fraction of sp³-hybridized carbons (Fsp3) is 0.412. The van der Waals surface area contributed by atoms with E-state index in [0.717, 1.165) is 24.9 Å². The molecule has 2 atom stereocenters. The van der Waals surface area contributed by atoms with Crippen LogP contribution in [0.15, 0.2) is 36.0 Å². The van der Waals surface area contributed by atoms with Gasteiger partial charge in [0.15, 0.2) is 0 Å². The Kier molecular flexibility index (Phi) is 4.43. The Labute approximate surface area is 135 Å². The van der Waals surface area contributed by atoms with Gasteiger partial charge in [-0.1, -0.05) is 13.0 Å². The largest absolute Gasteiger partial charge is 0.331 e. The molecule has 5 heteroatoms. The average Bonchev–Trinajstić information content (AvgIpc) is 3.03. The monoisotopic (exact) mass is 315 g/mol. The van der Waals surface area contributed by atoms with Crippen LogP contribution in [-0.4, -0.2) is 22.5 Å². The van der Waals surface area contributed by atoms with E-state index >= 15 is 0 Å². The lowest BCUT2D eigenvalue weighted by Gasteiger charge is -2.36. The first kappa shape index (κ1) is 15.0. The highest BCUT2D eigenvalue weighted by Gasteiger charge is 2.30. The maximum atomic E-state index is 12.7. The minimum Gasteiger partial charge on any atom is -0.331 e. The van der Waals surface area contributed by atoms with Gasteiger partial charge < -0.3 is 10.2 Å². The van der Waals surface area contributed by atoms with Gasteiger partial charge in [-0.3, -0.25) is 4.98 Å². The summed E-state index contributed by atoms with van der Waals surface area (Å²) in [5.41, 5.74) is 2.35. The van der Waals surface area contributed by atoms with Crippen molar-refractivity contribution < 1.29 is 4.79 Å². The van der Waals surface area contributed by atoms with Crippen molar-refractivity contribution in [3.63, 3.8) is 0 Å². The summed E-state index contributed by atoms with van der Waals surface area (Å²) >= 11 is 1.80. The predicted molar refractivity (Wildman–Crippen MR) is 88.9 cm³/mol. The van der Waals surface area contributed by atoms with Crippen LogP contribution in [0.3, 0.4) is 0 Å². The van der Waals surface area contributed by atoms with Crippen molar-refractivity contribution in [2.45, 2.75) is 38.8 Å². The number of hydrogen-bond acceptors (Lipinski definition) is 3. The van der Waals surface area contributed by atoms with Crippen LogP contribution in [0.2, 0.25) is 0 Å². The number of pyridine rings is 1. The lowest BCUT2D eigenvalue weighted by Crippen LogP contribution is -2.45. The van der Waals surface area contributed by atoms with E-state index in [0.29, 0.717) is 0 Å². The molecular weight excluding hydrogens is 294 g/mol. The molecule has 0 spiro atoms. The molecule has 4 nitrogen and oxygen atoms in total. The predicted octanol–water partition coefficient (Wildman–Crippen LogP) is 3.92. The summed E-state index contributed by atoms with van der Waals surface area (Å²) in [6.07, 6.45) is 5.44. The summed E-state index contributed by atoms with van der Waals surface area (Å²) in [7, 11) is 0. The van der Waals surface area contributed by atoms with Crippen molar-refractivity contribution in [3.8, 4) is 0 Å². The third-order valence-corrected chi connectivity index (χ3v) is 5.26. The highest BCUT2D eigenvalue weighted by molar-refractivity contribution is 7.10. The minimum atomic E-state index is -0.0393. The van der Waals surface area contributed by atoms with Crippen LogP contribution in [0.25, 0.3) is 0 Å². The summed E-state index contributed by atoms with van der Waals surface area (Å²) in [6, 6.07) is 6.21. The Balaban J connectivity index is 1.72. The quantitative estimate of drug-likeness (QED) is 0.933. The second-order valence-electron chi connectivity index (χ2n) is 5.62. The second kappa shape index (κ2) is 6.48. The zero-order valence-corrected chi connectivity index (χ0v) is 13.8. The maximum absolute atomic E-state index is 12.7. The molecule has 0 radical (unpaired) electrons. The van der Waals surface area contributed by atoms with Crippen LogP contribution in [0.5, 0.6) is 0 Å². The molecule has 116 valence electrons. The van der Waals surface area contributed by atoms with E-state index in [1.165, 1.54) is 10.4 Å². The number of rotatable bonds is 3. The first-order valence-corrected chi connectivity index (χ1v) is 8.62. The fourth-order valence-corrected chi connectivity index (χ4v) is 3.99. The summed E-state index contributed by atoms with van der Waals surface area (Å²) in [6.45, 7) is 4.93. The fourth-order valence-electron chi connectivity index (χ4n) is 3.06. The van der Waals surface area contributed by atoms with Gasteiger partial charge in [-0.25, -0.2) is 4.79 Å². The summed E-state index contributed by atoms with van der Waals surface area (Å²) in [5, 5.41) is 5.24. The highest BCUT2D eigenvalue weighted by atomic mass is 32.1. The van der Waals surface area contributed by atoms with Crippen molar-refractivity contribution >= 4 is 17.4 Å². The summed E-state index contributed by atoms with van der Waals surface area (Å²) in [5.74, 6) is 0. The van der Waals surface area contributed by atoms with Crippen molar-refractivity contribution in [2.24, 2.45) is 0 Å². The molecule has 1 aliphatic heterocycles. The van der Waals surface area contributed by atoms with Crippen molar-refractivity contribution in [2.75, 3.05) is 6.54 Å². The topological polar surface area (TPSA) is 45.2 Å². The van der Waals surface area contributed by atoms with Gasteiger partial charge in [-0.15, -0.1) is 11.3 Å². The number of nitrogens with one attached hydrogen (secondary N) is 1. The van der Waals surface area contributed by atoms with E-state index in [4.69, 9.17) is 0 Å². The number of urea groups is 1. The van der Waals surface area contributed by atoms with Crippen LogP contribution in [0, 0.1) is 0 Å². The molecule has 2 amide bonds. The molecule has 0 aliphatic carbocycles. The molecule has 22 heavy (non-hydrogen) atoms. The SMILES string of the molecule is CC[C@H]1c2ccsc2CCN1C(=O)N[C@H](C)c1cccnc1. The van der Waals surface area contributed by atoms with Crippen LogP contribution in [0.1, 0.15) is 48.4 Å². The molecule has 3 heterocycles. The number of amides is 2. The molecule has 0 unspecified atom stereocenters. The third kappa shape index (κ3) is 2.86. The highest BCUT2D eigenvalue weighted by Crippen LogP contribution is 2.35. The average molecular weight is 315 g/mol. The molecule has 3 rings (SSSR count).